The highest BCUT2D eigenvalue weighted by Crippen LogP contribution is 2.38. The van der Waals surface area contributed by atoms with Gasteiger partial charge in [0.1, 0.15) is 0 Å². The Morgan fingerprint density at radius 3 is 2.70 bits per heavy atom. The van der Waals surface area contributed by atoms with Crippen molar-refractivity contribution in [3.05, 3.63) is 29.3 Å². The smallest absolute Gasteiger partial charge is 0.263 e. The summed E-state index contributed by atoms with van der Waals surface area (Å²) in [6.07, 6.45) is 5.18. The van der Waals surface area contributed by atoms with Crippen molar-refractivity contribution in [2.24, 2.45) is 5.92 Å². The van der Waals surface area contributed by atoms with Crippen molar-refractivity contribution in [2.45, 2.75) is 70.4 Å². The summed E-state index contributed by atoms with van der Waals surface area (Å²) in [6.45, 7) is 7.81. The summed E-state index contributed by atoms with van der Waals surface area (Å²) in [5.41, 5.74) is 1.29. The second kappa shape index (κ2) is 10.4. The number of nitrogens with zero attached hydrogens (tertiary/aromatic N) is 3. The molecule has 4 heterocycles. The van der Waals surface area contributed by atoms with Gasteiger partial charge in [-0.2, -0.15) is 0 Å². The van der Waals surface area contributed by atoms with E-state index in [9.17, 15) is 19.2 Å². The van der Waals surface area contributed by atoms with Crippen LogP contribution >= 0.6 is 0 Å². The topological polar surface area (TPSA) is 99.3 Å². The second-order valence-corrected chi connectivity index (χ2v) is 11.3. The Kier molecular flexibility index (Phi) is 7.25. The van der Waals surface area contributed by atoms with E-state index in [0.29, 0.717) is 56.6 Å². The van der Waals surface area contributed by atoms with E-state index in [0.717, 1.165) is 44.5 Å². The minimum atomic E-state index is -0.376. The molecular weight excluding hydrogens is 472 g/mol. The van der Waals surface area contributed by atoms with E-state index in [1.807, 2.05) is 30.9 Å². The molecule has 1 aromatic carbocycles. The first-order valence-electron chi connectivity index (χ1n) is 13.7. The quantitative estimate of drug-likeness (QED) is 0.447. The average molecular weight is 511 g/mol. The zero-order valence-corrected chi connectivity index (χ0v) is 22.0. The third-order valence-corrected chi connectivity index (χ3v) is 8.17. The van der Waals surface area contributed by atoms with Crippen LogP contribution in [0.25, 0.3) is 0 Å². The molecule has 4 aliphatic heterocycles. The van der Waals surface area contributed by atoms with Gasteiger partial charge in [-0.1, -0.05) is 6.07 Å². The standard InChI is InChI=1S/C28H38N4O5/c1-28(2)17-20(11-16-37-28)32-26(35)21-8-3-9-22(24(21)27(32)36)31-14-4-7-19(18-31)25(34)29-12-6-15-30-13-5-10-23(30)33/h3,8-9,19-20H,4-7,10-18H2,1-2H3,(H,29,34)/t19-,20-/m0/s1. The van der Waals surface area contributed by atoms with Crippen LogP contribution in [-0.4, -0.2) is 84.4 Å². The number of nitrogens with one attached hydrogen (secondary N) is 1. The SMILES string of the molecule is CC1(C)C[C@@H](N2C(=O)c3cccc(N4CCC[C@H](C(=O)NCCCN5CCCC5=O)C4)c3C2=O)CCO1. The number of carbonyl (C=O) groups excluding carboxylic acids is 4. The molecule has 0 unspecified atom stereocenters. The maximum atomic E-state index is 13.6. The predicted molar refractivity (Wildman–Crippen MR) is 138 cm³/mol. The third kappa shape index (κ3) is 5.23. The molecule has 0 spiro atoms. The Hall–Kier alpha value is -2.94. The lowest BCUT2D eigenvalue weighted by Crippen LogP contribution is -2.48. The number of hydrogen-bond acceptors (Lipinski definition) is 6. The van der Waals surface area contributed by atoms with Crippen molar-refractivity contribution in [1.29, 1.82) is 0 Å². The zero-order chi connectivity index (χ0) is 26.2. The van der Waals surface area contributed by atoms with Crippen LogP contribution < -0.4 is 10.2 Å². The summed E-state index contributed by atoms with van der Waals surface area (Å²) >= 11 is 0. The molecular formula is C28H38N4O5. The highest BCUT2D eigenvalue weighted by molar-refractivity contribution is 6.24. The van der Waals surface area contributed by atoms with Crippen molar-refractivity contribution in [2.75, 3.05) is 44.2 Å². The molecule has 0 aromatic heterocycles. The van der Waals surface area contributed by atoms with E-state index in [1.54, 1.807) is 6.07 Å². The van der Waals surface area contributed by atoms with Crippen molar-refractivity contribution in [1.82, 2.24) is 15.1 Å². The van der Waals surface area contributed by atoms with Gasteiger partial charge in [-0.15, -0.1) is 0 Å². The maximum absolute atomic E-state index is 13.6. The monoisotopic (exact) mass is 510 g/mol. The number of benzene rings is 1. The molecule has 9 heteroatoms. The summed E-state index contributed by atoms with van der Waals surface area (Å²) in [6, 6.07) is 5.29. The summed E-state index contributed by atoms with van der Waals surface area (Å²) in [5, 5.41) is 3.04. The normalized spacial score (nSPS) is 25.6. The molecule has 1 aromatic rings. The first-order chi connectivity index (χ1) is 17.7. The number of anilines is 1. The molecule has 200 valence electrons. The molecule has 0 aliphatic carbocycles. The van der Waals surface area contributed by atoms with Gasteiger partial charge >= 0.3 is 0 Å². The van der Waals surface area contributed by atoms with Crippen LogP contribution in [0.3, 0.4) is 0 Å². The highest BCUT2D eigenvalue weighted by atomic mass is 16.5. The molecule has 4 aliphatic rings. The van der Waals surface area contributed by atoms with Crippen LogP contribution in [0.5, 0.6) is 0 Å². The number of rotatable bonds is 7. The molecule has 2 atom stereocenters. The van der Waals surface area contributed by atoms with Crippen molar-refractivity contribution < 1.29 is 23.9 Å². The lowest BCUT2D eigenvalue weighted by Gasteiger charge is -2.39. The van der Waals surface area contributed by atoms with Gasteiger partial charge in [-0.3, -0.25) is 24.1 Å². The lowest BCUT2D eigenvalue weighted by molar-refractivity contribution is -0.127. The van der Waals surface area contributed by atoms with Crippen molar-refractivity contribution >= 4 is 29.3 Å². The number of imide groups is 1. The number of likely N-dealkylation sites (tertiary alicyclic amines) is 1. The van der Waals surface area contributed by atoms with Crippen LogP contribution in [0, 0.1) is 5.92 Å². The molecule has 0 saturated carbocycles. The molecule has 3 saturated heterocycles. The van der Waals surface area contributed by atoms with E-state index in [2.05, 4.69) is 10.2 Å². The Labute approximate surface area is 218 Å². The third-order valence-electron chi connectivity index (χ3n) is 8.17. The number of piperidine rings is 1. The number of amides is 4. The van der Waals surface area contributed by atoms with E-state index in [1.165, 1.54) is 4.90 Å². The van der Waals surface area contributed by atoms with Gasteiger partial charge in [-0.05, 0) is 64.5 Å². The molecule has 0 bridgehead atoms. The largest absolute Gasteiger partial charge is 0.375 e. The van der Waals surface area contributed by atoms with Gasteiger partial charge in [0.2, 0.25) is 11.8 Å². The van der Waals surface area contributed by atoms with Crippen LogP contribution in [0.2, 0.25) is 0 Å². The molecule has 5 rings (SSSR count). The number of carbonyl (C=O) groups is 4. The summed E-state index contributed by atoms with van der Waals surface area (Å²) in [4.78, 5) is 57.1. The fourth-order valence-electron chi connectivity index (χ4n) is 6.28. The van der Waals surface area contributed by atoms with Crippen LogP contribution in [0.1, 0.15) is 79.5 Å². The minimum absolute atomic E-state index is 0.0125. The Morgan fingerprint density at radius 1 is 1.11 bits per heavy atom. The molecule has 3 fully saturated rings. The summed E-state index contributed by atoms with van der Waals surface area (Å²) in [5.74, 6) is -0.429. The van der Waals surface area contributed by atoms with Crippen LogP contribution in [0.4, 0.5) is 5.69 Å². The van der Waals surface area contributed by atoms with Gasteiger partial charge < -0.3 is 19.9 Å². The van der Waals surface area contributed by atoms with Gasteiger partial charge in [0.25, 0.3) is 11.8 Å². The number of ether oxygens (including phenoxy) is 1. The van der Waals surface area contributed by atoms with E-state index in [-0.39, 0.29) is 41.2 Å². The van der Waals surface area contributed by atoms with Gasteiger partial charge in [0.15, 0.2) is 0 Å². The fraction of sp³-hybridized carbons (Fsp3) is 0.643. The molecule has 37 heavy (non-hydrogen) atoms. The zero-order valence-electron chi connectivity index (χ0n) is 22.0. The van der Waals surface area contributed by atoms with Gasteiger partial charge in [-0.25, -0.2) is 0 Å². The molecule has 0 radical (unpaired) electrons. The lowest BCUT2D eigenvalue weighted by atomic mass is 9.93. The predicted octanol–water partition coefficient (Wildman–Crippen LogP) is 2.59. The van der Waals surface area contributed by atoms with Crippen molar-refractivity contribution in [3.8, 4) is 0 Å². The Balaban J connectivity index is 1.23. The van der Waals surface area contributed by atoms with Crippen LogP contribution in [-0.2, 0) is 14.3 Å². The molecule has 1 N–H and O–H groups in total. The Bertz CT molecular complexity index is 1090. The fourth-order valence-corrected chi connectivity index (χ4v) is 6.28. The first kappa shape index (κ1) is 25.7. The Morgan fingerprint density at radius 2 is 1.95 bits per heavy atom. The van der Waals surface area contributed by atoms with Gasteiger partial charge in [0, 0.05) is 51.8 Å². The van der Waals surface area contributed by atoms with E-state index >= 15 is 0 Å². The molecule has 9 nitrogen and oxygen atoms in total. The van der Waals surface area contributed by atoms with E-state index < -0.39 is 0 Å². The second-order valence-electron chi connectivity index (χ2n) is 11.3. The average Bonchev–Trinajstić information content (AvgIpc) is 3.40. The van der Waals surface area contributed by atoms with Crippen molar-refractivity contribution in [3.63, 3.8) is 0 Å². The highest BCUT2D eigenvalue weighted by Gasteiger charge is 2.45. The maximum Gasteiger partial charge on any atom is 0.263 e. The minimum Gasteiger partial charge on any atom is -0.375 e. The first-order valence-corrected chi connectivity index (χ1v) is 13.7. The van der Waals surface area contributed by atoms with E-state index in [4.69, 9.17) is 4.74 Å². The summed E-state index contributed by atoms with van der Waals surface area (Å²) in [7, 11) is 0. The molecule has 4 amide bonds. The number of fused-ring (bicyclic) bond motifs is 1. The number of hydrogen-bond donors (Lipinski definition) is 1. The summed E-state index contributed by atoms with van der Waals surface area (Å²) < 4.78 is 5.81. The van der Waals surface area contributed by atoms with Crippen LogP contribution in [0.15, 0.2) is 18.2 Å². The van der Waals surface area contributed by atoms with Gasteiger partial charge in [0.05, 0.1) is 28.3 Å².